The fourth-order valence-electron chi connectivity index (χ4n) is 4.03. The van der Waals surface area contributed by atoms with E-state index in [-0.39, 0.29) is 11.5 Å². The van der Waals surface area contributed by atoms with Crippen molar-refractivity contribution in [2.24, 2.45) is 0 Å². The number of thiophene rings is 1. The standard InChI is InChI=1S/C20H24N2O2S/c1-15-4-2-5-17(10-15)21-18-11-20(24-12-18)7-3-8-22(14-20)19(23)16-6-9-25-13-16/h2,4-6,9-10,13,18,21H,3,7-8,11-12,14H2,1H3/t18-,20+/m1/s1. The van der Waals surface area contributed by atoms with Gasteiger partial charge in [0.2, 0.25) is 0 Å². The number of hydrogen-bond acceptors (Lipinski definition) is 4. The summed E-state index contributed by atoms with van der Waals surface area (Å²) in [4.78, 5) is 14.6. The molecule has 0 saturated carbocycles. The SMILES string of the molecule is Cc1cccc(N[C@H]2CO[C@@]3(CCCN(C(=O)c4ccsc4)C3)C2)c1. The zero-order valence-corrected chi connectivity index (χ0v) is 15.3. The summed E-state index contributed by atoms with van der Waals surface area (Å²) in [5.41, 5.74) is 3.01. The van der Waals surface area contributed by atoms with Crippen LogP contribution >= 0.6 is 11.3 Å². The highest BCUT2D eigenvalue weighted by molar-refractivity contribution is 7.08. The van der Waals surface area contributed by atoms with E-state index in [1.54, 1.807) is 11.3 Å². The monoisotopic (exact) mass is 356 g/mol. The van der Waals surface area contributed by atoms with E-state index in [2.05, 4.69) is 36.5 Å². The Morgan fingerprint density at radius 1 is 1.40 bits per heavy atom. The number of carbonyl (C=O) groups is 1. The van der Waals surface area contributed by atoms with Gasteiger partial charge in [0.25, 0.3) is 5.91 Å². The predicted molar refractivity (Wildman–Crippen MR) is 101 cm³/mol. The van der Waals surface area contributed by atoms with Crippen LogP contribution in [0.3, 0.4) is 0 Å². The largest absolute Gasteiger partial charge is 0.380 e. The van der Waals surface area contributed by atoms with E-state index in [0.717, 1.165) is 37.1 Å². The Morgan fingerprint density at radius 3 is 3.12 bits per heavy atom. The first kappa shape index (κ1) is 16.6. The fraction of sp³-hybridized carbons (Fsp3) is 0.450. The molecule has 1 aromatic heterocycles. The van der Waals surface area contributed by atoms with Gasteiger partial charge >= 0.3 is 0 Å². The van der Waals surface area contributed by atoms with Crippen LogP contribution in [0.1, 0.15) is 35.2 Å². The van der Waals surface area contributed by atoms with Crippen molar-refractivity contribution in [2.45, 2.75) is 37.8 Å². The molecule has 4 rings (SSSR count). The van der Waals surface area contributed by atoms with Gasteiger partial charge in [-0.2, -0.15) is 11.3 Å². The molecule has 4 nitrogen and oxygen atoms in total. The van der Waals surface area contributed by atoms with Gasteiger partial charge in [-0.25, -0.2) is 0 Å². The van der Waals surface area contributed by atoms with Crippen molar-refractivity contribution in [3.8, 4) is 0 Å². The van der Waals surface area contributed by atoms with Gasteiger partial charge in [-0.3, -0.25) is 4.79 Å². The highest BCUT2D eigenvalue weighted by Crippen LogP contribution is 2.36. The van der Waals surface area contributed by atoms with Gasteiger partial charge in [-0.1, -0.05) is 12.1 Å². The topological polar surface area (TPSA) is 41.6 Å². The third-order valence-electron chi connectivity index (χ3n) is 5.19. The number of likely N-dealkylation sites (tertiary alicyclic amines) is 1. The summed E-state index contributed by atoms with van der Waals surface area (Å²) in [7, 11) is 0. The van der Waals surface area contributed by atoms with Gasteiger partial charge in [0.05, 0.1) is 30.4 Å². The van der Waals surface area contributed by atoms with E-state index < -0.39 is 0 Å². The Bertz CT molecular complexity index is 746. The predicted octanol–water partition coefficient (Wildman–Crippen LogP) is 3.93. The van der Waals surface area contributed by atoms with E-state index >= 15 is 0 Å². The van der Waals surface area contributed by atoms with Crippen LogP contribution in [-0.4, -0.2) is 42.1 Å². The number of nitrogens with zero attached hydrogens (tertiary/aromatic N) is 1. The van der Waals surface area contributed by atoms with Crippen LogP contribution in [0.25, 0.3) is 0 Å². The fourth-order valence-corrected chi connectivity index (χ4v) is 4.66. The first-order chi connectivity index (χ1) is 12.1. The Balaban J connectivity index is 1.41. The summed E-state index contributed by atoms with van der Waals surface area (Å²) < 4.78 is 6.24. The lowest BCUT2D eigenvalue weighted by Crippen LogP contribution is -2.50. The lowest BCUT2D eigenvalue weighted by Gasteiger charge is -2.39. The van der Waals surface area contributed by atoms with Crippen LogP contribution in [0.4, 0.5) is 5.69 Å². The third-order valence-corrected chi connectivity index (χ3v) is 5.88. The summed E-state index contributed by atoms with van der Waals surface area (Å²) in [5.74, 6) is 0.138. The van der Waals surface area contributed by atoms with Crippen molar-refractivity contribution in [1.82, 2.24) is 4.90 Å². The van der Waals surface area contributed by atoms with Gasteiger partial charge < -0.3 is 15.0 Å². The molecule has 1 amide bonds. The summed E-state index contributed by atoms with van der Waals surface area (Å²) >= 11 is 1.57. The van der Waals surface area contributed by atoms with Gasteiger partial charge in [-0.05, 0) is 48.9 Å². The van der Waals surface area contributed by atoms with Crippen LogP contribution in [0, 0.1) is 6.92 Å². The average Bonchev–Trinajstić information content (AvgIpc) is 3.25. The molecular formula is C20H24N2O2S. The first-order valence-electron chi connectivity index (χ1n) is 8.92. The van der Waals surface area contributed by atoms with Crippen molar-refractivity contribution in [1.29, 1.82) is 0 Å². The molecule has 25 heavy (non-hydrogen) atoms. The molecule has 0 bridgehead atoms. The maximum Gasteiger partial charge on any atom is 0.254 e. The van der Waals surface area contributed by atoms with Gasteiger partial charge in [0.1, 0.15) is 0 Å². The second-order valence-corrected chi connectivity index (χ2v) is 8.03. The van der Waals surface area contributed by atoms with Crippen LogP contribution in [0.2, 0.25) is 0 Å². The highest BCUT2D eigenvalue weighted by atomic mass is 32.1. The van der Waals surface area contributed by atoms with E-state index in [4.69, 9.17) is 4.74 Å². The van der Waals surface area contributed by atoms with E-state index in [0.29, 0.717) is 19.2 Å². The minimum Gasteiger partial charge on any atom is -0.380 e. The molecule has 0 aliphatic carbocycles. The smallest absolute Gasteiger partial charge is 0.254 e. The van der Waals surface area contributed by atoms with Crippen molar-refractivity contribution in [3.63, 3.8) is 0 Å². The number of amides is 1. The molecule has 5 heteroatoms. The number of benzene rings is 1. The van der Waals surface area contributed by atoms with E-state index in [9.17, 15) is 4.79 Å². The van der Waals surface area contributed by atoms with Crippen molar-refractivity contribution >= 4 is 22.9 Å². The zero-order valence-electron chi connectivity index (χ0n) is 14.5. The van der Waals surface area contributed by atoms with Gasteiger partial charge in [0, 0.05) is 24.0 Å². The molecule has 0 radical (unpaired) electrons. The van der Waals surface area contributed by atoms with Crippen molar-refractivity contribution in [3.05, 3.63) is 52.2 Å². The minimum atomic E-state index is -0.189. The number of hydrogen-bond donors (Lipinski definition) is 1. The molecule has 2 atom stereocenters. The maximum absolute atomic E-state index is 12.7. The molecule has 0 unspecified atom stereocenters. The van der Waals surface area contributed by atoms with Crippen molar-refractivity contribution in [2.75, 3.05) is 25.0 Å². The molecule has 1 N–H and O–H groups in total. The van der Waals surface area contributed by atoms with Gasteiger partial charge in [-0.15, -0.1) is 0 Å². The Hall–Kier alpha value is -1.85. The Labute approximate surface area is 152 Å². The molecule has 1 spiro atoms. The third kappa shape index (κ3) is 3.58. The number of piperidine rings is 1. The number of ether oxygens (including phenoxy) is 1. The summed E-state index contributed by atoms with van der Waals surface area (Å²) in [6.45, 7) is 4.34. The molecule has 132 valence electrons. The normalized spacial score (nSPS) is 26.1. The minimum absolute atomic E-state index is 0.138. The quantitative estimate of drug-likeness (QED) is 0.906. The number of aryl methyl sites for hydroxylation is 1. The average molecular weight is 356 g/mol. The van der Waals surface area contributed by atoms with Crippen LogP contribution < -0.4 is 5.32 Å². The van der Waals surface area contributed by atoms with Crippen LogP contribution in [-0.2, 0) is 4.74 Å². The Kier molecular flexibility index (Phi) is 4.52. The van der Waals surface area contributed by atoms with Crippen LogP contribution in [0.5, 0.6) is 0 Å². The zero-order chi connectivity index (χ0) is 17.3. The molecule has 2 aromatic rings. The summed E-state index contributed by atoms with van der Waals surface area (Å²) in [5, 5.41) is 7.49. The van der Waals surface area contributed by atoms with Crippen LogP contribution in [0.15, 0.2) is 41.1 Å². The number of rotatable bonds is 3. The second kappa shape index (κ2) is 6.81. The Morgan fingerprint density at radius 2 is 2.32 bits per heavy atom. The number of nitrogens with one attached hydrogen (secondary N) is 1. The first-order valence-corrected chi connectivity index (χ1v) is 9.87. The number of carbonyl (C=O) groups excluding carboxylic acids is 1. The highest BCUT2D eigenvalue weighted by Gasteiger charge is 2.44. The molecule has 2 aliphatic heterocycles. The molecule has 1 aromatic carbocycles. The molecule has 2 aliphatic rings. The number of anilines is 1. The molecule has 2 saturated heterocycles. The lowest BCUT2D eigenvalue weighted by molar-refractivity contribution is -0.0447. The molecule has 2 fully saturated rings. The van der Waals surface area contributed by atoms with Gasteiger partial charge in [0.15, 0.2) is 0 Å². The van der Waals surface area contributed by atoms with Crippen molar-refractivity contribution < 1.29 is 9.53 Å². The van der Waals surface area contributed by atoms with E-state index in [1.807, 2.05) is 21.7 Å². The molecular weight excluding hydrogens is 332 g/mol. The molecule has 3 heterocycles. The summed E-state index contributed by atoms with van der Waals surface area (Å²) in [6.07, 6.45) is 2.99. The second-order valence-electron chi connectivity index (χ2n) is 7.25. The maximum atomic E-state index is 12.7. The lowest BCUT2D eigenvalue weighted by atomic mass is 9.88. The van der Waals surface area contributed by atoms with E-state index in [1.165, 1.54) is 5.56 Å². The summed E-state index contributed by atoms with van der Waals surface area (Å²) in [6, 6.07) is 10.7.